The van der Waals surface area contributed by atoms with Gasteiger partial charge in [-0.3, -0.25) is 4.57 Å². The standard InChI is InChI=1S/C10H11Cl2O3P/c1-16(13)14-3-2-10(15-16)7-4-8(11)6-9(12)5-7/h4-6,10H,2-3H2,1H3. The molecule has 0 radical (unpaired) electrons. The van der Waals surface area contributed by atoms with Gasteiger partial charge in [-0.15, -0.1) is 0 Å². The monoisotopic (exact) mass is 280 g/mol. The van der Waals surface area contributed by atoms with Gasteiger partial charge in [0.15, 0.2) is 0 Å². The molecule has 1 heterocycles. The summed E-state index contributed by atoms with van der Waals surface area (Å²) in [6, 6.07) is 5.18. The summed E-state index contributed by atoms with van der Waals surface area (Å²) in [5, 5.41) is 1.09. The zero-order chi connectivity index (χ0) is 11.8. The van der Waals surface area contributed by atoms with Gasteiger partial charge in [0.25, 0.3) is 0 Å². The maximum Gasteiger partial charge on any atom is 0.328 e. The van der Waals surface area contributed by atoms with Gasteiger partial charge in [0.05, 0.1) is 12.7 Å². The van der Waals surface area contributed by atoms with Crippen LogP contribution in [0.25, 0.3) is 0 Å². The van der Waals surface area contributed by atoms with Gasteiger partial charge in [0.2, 0.25) is 0 Å². The Labute approximate surface area is 104 Å². The van der Waals surface area contributed by atoms with Crippen molar-refractivity contribution in [1.29, 1.82) is 0 Å². The minimum absolute atomic E-state index is 0.263. The number of rotatable bonds is 1. The third kappa shape index (κ3) is 2.99. The van der Waals surface area contributed by atoms with Gasteiger partial charge in [-0.25, -0.2) is 0 Å². The minimum Gasteiger partial charge on any atom is -0.309 e. The van der Waals surface area contributed by atoms with Crippen LogP contribution in [0, 0.1) is 0 Å². The third-order valence-electron chi connectivity index (χ3n) is 2.28. The summed E-state index contributed by atoms with van der Waals surface area (Å²) in [7, 11) is -2.92. The molecule has 6 heteroatoms. The lowest BCUT2D eigenvalue weighted by molar-refractivity contribution is 0.0845. The molecule has 1 aromatic rings. The lowest BCUT2D eigenvalue weighted by Gasteiger charge is -2.28. The van der Waals surface area contributed by atoms with E-state index in [1.54, 1.807) is 18.2 Å². The van der Waals surface area contributed by atoms with E-state index in [0.29, 0.717) is 23.1 Å². The molecule has 0 amide bonds. The summed E-state index contributed by atoms with van der Waals surface area (Å²) < 4.78 is 22.1. The second kappa shape index (κ2) is 4.67. The predicted octanol–water partition coefficient (Wildman–Crippen LogP) is 4.29. The molecule has 1 aliphatic heterocycles. The Morgan fingerprint density at radius 2 is 1.94 bits per heavy atom. The highest BCUT2D eigenvalue weighted by Gasteiger charge is 2.29. The van der Waals surface area contributed by atoms with Crippen molar-refractivity contribution in [2.45, 2.75) is 12.5 Å². The second-order valence-electron chi connectivity index (χ2n) is 3.69. The predicted molar refractivity (Wildman–Crippen MR) is 64.4 cm³/mol. The first kappa shape index (κ1) is 12.4. The van der Waals surface area contributed by atoms with E-state index in [4.69, 9.17) is 32.2 Å². The zero-order valence-corrected chi connectivity index (χ0v) is 11.1. The zero-order valence-electron chi connectivity index (χ0n) is 8.65. The van der Waals surface area contributed by atoms with Crippen LogP contribution in [0.1, 0.15) is 18.1 Å². The van der Waals surface area contributed by atoms with Gasteiger partial charge >= 0.3 is 7.60 Å². The number of hydrogen-bond acceptors (Lipinski definition) is 3. The number of benzene rings is 1. The van der Waals surface area contributed by atoms with E-state index in [0.717, 1.165) is 5.56 Å². The van der Waals surface area contributed by atoms with Crippen LogP contribution in [0.15, 0.2) is 18.2 Å². The van der Waals surface area contributed by atoms with Crippen molar-refractivity contribution in [2.24, 2.45) is 0 Å². The summed E-state index contributed by atoms with van der Waals surface area (Å²) in [6.07, 6.45) is 0.384. The van der Waals surface area contributed by atoms with E-state index in [1.165, 1.54) is 6.66 Å². The van der Waals surface area contributed by atoms with Crippen LogP contribution in [0.4, 0.5) is 0 Å². The highest BCUT2D eigenvalue weighted by Crippen LogP contribution is 2.53. The molecular formula is C10H11Cl2O3P. The van der Waals surface area contributed by atoms with Gasteiger partial charge in [0, 0.05) is 23.1 Å². The highest BCUT2D eigenvalue weighted by molar-refractivity contribution is 7.53. The molecule has 0 spiro atoms. The Morgan fingerprint density at radius 1 is 1.31 bits per heavy atom. The first-order chi connectivity index (χ1) is 7.46. The molecule has 1 aromatic carbocycles. The van der Waals surface area contributed by atoms with Gasteiger partial charge in [-0.05, 0) is 23.8 Å². The Morgan fingerprint density at radius 3 is 2.50 bits per heavy atom. The fourth-order valence-electron chi connectivity index (χ4n) is 1.63. The maximum absolute atomic E-state index is 11.7. The molecule has 2 unspecified atom stereocenters. The van der Waals surface area contributed by atoms with E-state index in [2.05, 4.69) is 0 Å². The van der Waals surface area contributed by atoms with E-state index in [9.17, 15) is 4.57 Å². The topological polar surface area (TPSA) is 35.5 Å². The molecule has 1 aliphatic rings. The molecule has 88 valence electrons. The molecule has 3 nitrogen and oxygen atoms in total. The summed E-state index contributed by atoms with van der Waals surface area (Å²) in [5.74, 6) is 0. The van der Waals surface area contributed by atoms with Crippen LogP contribution >= 0.6 is 30.8 Å². The van der Waals surface area contributed by atoms with Gasteiger partial charge in [0.1, 0.15) is 0 Å². The minimum atomic E-state index is -2.92. The van der Waals surface area contributed by atoms with E-state index >= 15 is 0 Å². The molecule has 16 heavy (non-hydrogen) atoms. The fraction of sp³-hybridized carbons (Fsp3) is 0.400. The van der Waals surface area contributed by atoms with Crippen LogP contribution in [-0.4, -0.2) is 13.3 Å². The second-order valence-corrected chi connectivity index (χ2v) is 6.57. The summed E-state index contributed by atoms with van der Waals surface area (Å²) in [5.41, 5.74) is 0.836. The van der Waals surface area contributed by atoms with Gasteiger partial charge in [-0.2, -0.15) is 0 Å². The van der Waals surface area contributed by atoms with Crippen molar-refractivity contribution < 1.29 is 13.6 Å². The Balaban J connectivity index is 2.26. The molecule has 0 bridgehead atoms. The Kier molecular flexibility index (Phi) is 3.62. The SMILES string of the molecule is CP1(=O)OCCC(c2cc(Cl)cc(Cl)c2)O1. The van der Waals surface area contributed by atoms with Crippen molar-refractivity contribution in [3.63, 3.8) is 0 Å². The number of hydrogen-bond donors (Lipinski definition) is 0. The van der Waals surface area contributed by atoms with E-state index < -0.39 is 7.60 Å². The van der Waals surface area contributed by atoms with Gasteiger partial charge < -0.3 is 9.05 Å². The molecule has 1 saturated heterocycles. The van der Waals surface area contributed by atoms with Gasteiger partial charge in [-0.1, -0.05) is 23.2 Å². The Hall–Kier alpha value is -0.0500. The average Bonchev–Trinajstić information content (AvgIpc) is 2.14. The lowest BCUT2D eigenvalue weighted by atomic mass is 10.1. The first-order valence-corrected chi connectivity index (χ1v) is 7.57. The van der Waals surface area contributed by atoms with Crippen LogP contribution in [0.3, 0.4) is 0 Å². The van der Waals surface area contributed by atoms with Crippen LogP contribution in [0.2, 0.25) is 10.0 Å². The third-order valence-corrected chi connectivity index (χ3v) is 4.01. The lowest BCUT2D eigenvalue weighted by Crippen LogP contribution is -2.13. The van der Waals surface area contributed by atoms with Crippen molar-refractivity contribution in [3.05, 3.63) is 33.8 Å². The molecule has 0 aliphatic carbocycles. The fourth-order valence-corrected chi connectivity index (χ4v) is 3.36. The van der Waals surface area contributed by atoms with Crippen molar-refractivity contribution in [2.75, 3.05) is 13.3 Å². The molecule has 2 atom stereocenters. The highest BCUT2D eigenvalue weighted by atomic mass is 35.5. The summed E-state index contributed by atoms with van der Waals surface area (Å²) in [4.78, 5) is 0. The molecule has 1 fully saturated rings. The largest absolute Gasteiger partial charge is 0.328 e. The van der Waals surface area contributed by atoms with Crippen molar-refractivity contribution in [1.82, 2.24) is 0 Å². The first-order valence-electron chi connectivity index (χ1n) is 4.83. The molecular weight excluding hydrogens is 270 g/mol. The van der Waals surface area contributed by atoms with Crippen LogP contribution in [-0.2, 0) is 13.6 Å². The Bertz CT molecular complexity index is 429. The van der Waals surface area contributed by atoms with Crippen LogP contribution in [0.5, 0.6) is 0 Å². The summed E-state index contributed by atoms with van der Waals surface area (Å²) in [6.45, 7) is 1.88. The molecule has 0 N–H and O–H groups in total. The molecule has 2 rings (SSSR count). The van der Waals surface area contributed by atoms with Crippen molar-refractivity contribution in [3.8, 4) is 0 Å². The maximum atomic E-state index is 11.7. The molecule has 0 aromatic heterocycles. The van der Waals surface area contributed by atoms with Crippen LogP contribution < -0.4 is 0 Å². The van der Waals surface area contributed by atoms with Crippen molar-refractivity contribution >= 4 is 30.8 Å². The summed E-state index contributed by atoms with van der Waals surface area (Å²) >= 11 is 11.8. The smallest absolute Gasteiger partial charge is 0.309 e. The molecule has 0 saturated carbocycles. The number of halogens is 2. The quantitative estimate of drug-likeness (QED) is 0.720. The average molecular weight is 281 g/mol. The van der Waals surface area contributed by atoms with E-state index in [1.807, 2.05) is 0 Å². The normalized spacial score (nSPS) is 30.3. The van der Waals surface area contributed by atoms with E-state index in [-0.39, 0.29) is 6.10 Å².